The highest BCUT2D eigenvalue weighted by Gasteiger charge is 2.26. The molecule has 0 aliphatic carbocycles. The van der Waals surface area contributed by atoms with Crippen molar-refractivity contribution in [2.24, 2.45) is 0 Å². The number of pyridine rings is 1. The van der Waals surface area contributed by atoms with Crippen molar-refractivity contribution < 1.29 is 9.66 Å². The SMILES string of the molecule is O=[N+]([O-])c1cccnc1NC1COc2ccccc21. The largest absolute Gasteiger partial charge is 0.491 e. The molecule has 2 aromatic rings. The van der Waals surface area contributed by atoms with E-state index in [2.05, 4.69) is 10.3 Å². The number of benzene rings is 1. The van der Waals surface area contributed by atoms with Crippen LogP contribution in [0.4, 0.5) is 11.5 Å². The first-order valence-corrected chi connectivity index (χ1v) is 5.83. The zero-order valence-corrected chi connectivity index (χ0v) is 9.95. The highest BCUT2D eigenvalue weighted by Crippen LogP contribution is 2.35. The fraction of sp³-hybridized carbons (Fsp3) is 0.154. The van der Waals surface area contributed by atoms with Crippen LogP contribution in [0.5, 0.6) is 5.75 Å². The first-order chi connectivity index (χ1) is 9.25. The summed E-state index contributed by atoms with van der Waals surface area (Å²) in [5, 5.41) is 14.0. The predicted octanol–water partition coefficient (Wildman–Crippen LogP) is 2.54. The van der Waals surface area contributed by atoms with E-state index < -0.39 is 4.92 Å². The Bertz CT molecular complexity index is 630. The maximum atomic E-state index is 10.9. The molecule has 0 saturated heterocycles. The lowest BCUT2D eigenvalue weighted by Gasteiger charge is -2.12. The molecule has 0 bridgehead atoms. The van der Waals surface area contributed by atoms with Gasteiger partial charge in [-0.1, -0.05) is 18.2 Å². The van der Waals surface area contributed by atoms with E-state index in [0.717, 1.165) is 11.3 Å². The van der Waals surface area contributed by atoms with Crippen LogP contribution in [-0.2, 0) is 0 Å². The van der Waals surface area contributed by atoms with Gasteiger partial charge in [0, 0.05) is 17.8 Å². The number of rotatable bonds is 3. The minimum atomic E-state index is -0.447. The summed E-state index contributed by atoms with van der Waals surface area (Å²) < 4.78 is 5.52. The normalized spacial score (nSPS) is 16.5. The summed E-state index contributed by atoms with van der Waals surface area (Å²) in [4.78, 5) is 14.5. The molecule has 1 aliphatic heterocycles. The van der Waals surface area contributed by atoms with Gasteiger partial charge in [-0.25, -0.2) is 4.98 Å². The minimum absolute atomic E-state index is 0.0353. The number of hydrogen-bond acceptors (Lipinski definition) is 5. The molecule has 0 saturated carbocycles. The van der Waals surface area contributed by atoms with Gasteiger partial charge in [0.1, 0.15) is 12.4 Å². The summed E-state index contributed by atoms with van der Waals surface area (Å²) >= 11 is 0. The number of nitrogens with one attached hydrogen (secondary N) is 1. The molecule has 0 spiro atoms. The Balaban J connectivity index is 1.90. The molecule has 3 rings (SSSR count). The quantitative estimate of drug-likeness (QED) is 0.675. The van der Waals surface area contributed by atoms with Gasteiger partial charge in [-0.2, -0.15) is 0 Å². The van der Waals surface area contributed by atoms with Crippen LogP contribution in [0.15, 0.2) is 42.6 Å². The van der Waals surface area contributed by atoms with Gasteiger partial charge in [0.25, 0.3) is 0 Å². The predicted molar refractivity (Wildman–Crippen MR) is 69.2 cm³/mol. The third-order valence-corrected chi connectivity index (χ3v) is 2.99. The maximum Gasteiger partial charge on any atom is 0.311 e. The summed E-state index contributed by atoms with van der Waals surface area (Å²) in [6.07, 6.45) is 1.52. The van der Waals surface area contributed by atoms with Crippen LogP contribution in [0.3, 0.4) is 0 Å². The van der Waals surface area contributed by atoms with E-state index in [-0.39, 0.29) is 17.5 Å². The maximum absolute atomic E-state index is 10.9. The van der Waals surface area contributed by atoms with Gasteiger partial charge in [-0.3, -0.25) is 10.1 Å². The topological polar surface area (TPSA) is 77.3 Å². The van der Waals surface area contributed by atoms with Crippen LogP contribution in [0, 0.1) is 10.1 Å². The van der Waals surface area contributed by atoms with E-state index in [1.807, 2.05) is 24.3 Å². The Morgan fingerprint density at radius 3 is 3.00 bits per heavy atom. The molecule has 1 aliphatic rings. The average Bonchev–Trinajstić information content (AvgIpc) is 2.83. The van der Waals surface area contributed by atoms with Gasteiger partial charge in [0.2, 0.25) is 5.82 Å². The molecule has 1 atom stereocenters. The number of fused-ring (bicyclic) bond motifs is 1. The van der Waals surface area contributed by atoms with Crippen LogP contribution in [-0.4, -0.2) is 16.5 Å². The lowest BCUT2D eigenvalue weighted by molar-refractivity contribution is -0.384. The molecular weight excluding hydrogens is 246 g/mol. The highest BCUT2D eigenvalue weighted by atomic mass is 16.6. The van der Waals surface area contributed by atoms with Crippen LogP contribution in [0.25, 0.3) is 0 Å². The summed E-state index contributed by atoms with van der Waals surface area (Å²) in [5.74, 6) is 1.07. The Morgan fingerprint density at radius 2 is 2.16 bits per heavy atom. The molecule has 6 heteroatoms. The lowest BCUT2D eigenvalue weighted by atomic mass is 10.1. The van der Waals surface area contributed by atoms with Crippen molar-refractivity contribution in [3.05, 3.63) is 58.3 Å². The van der Waals surface area contributed by atoms with Crippen LogP contribution in [0.2, 0.25) is 0 Å². The van der Waals surface area contributed by atoms with E-state index in [4.69, 9.17) is 4.74 Å². The summed E-state index contributed by atoms with van der Waals surface area (Å²) in [6, 6.07) is 10.5. The molecule has 0 amide bonds. The minimum Gasteiger partial charge on any atom is -0.491 e. The Hall–Kier alpha value is -2.63. The van der Waals surface area contributed by atoms with Gasteiger partial charge in [-0.05, 0) is 12.1 Å². The molecule has 96 valence electrons. The number of hydrogen-bond donors (Lipinski definition) is 1. The standard InChI is InChI=1S/C13H11N3O3/c17-16(18)11-5-3-7-14-13(11)15-10-8-19-12-6-2-1-4-9(10)12/h1-7,10H,8H2,(H,14,15). The Morgan fingerprint density at radius 1 is 1.32 bits per heavy atom. The third-order valence-electron chi connectivity index (χ3n) is 2.99. The monoisotopic (exact) mass is 257 g/mol. The molecule has 1 aromatic carbocycles. The van der Waals surface area contributed by atoms with Gasteiger partial charge in [0.05, 0.1) is 11.0 Å². The van der Waals surface area contributed by atoms with E-state index >= 15 is 0 Å². The molecule has 19 heavy (non-hydrogen) atoms. The first kappa shape index (κ1) is 11.5. The fourth-order valence-corrected chi connectivity index (χ4v) is 2.10. The van der Waals surface area contributed by atoms with Gasteiger partial charge in [-0.15, -0.1) is 0 Å². The number of ether oxygens (including phenoxy) is 1. The van der Waals surface area contributed by atoms with Crippen molar-refractivity contribution in [1.82, 2.24) is 4.98 Å². The third kappa shape index (κ3) is 2.08. The molecule has 1 N–H and O–H groups in total. The zero-order valence-electron chi connectivity index (χ0n) is 9.95. The number of anilines is 1. The van der Waals surface area contributed by atoms with Gasteiger partial charge >= 0.3 is 5.69 Å². The van der Waals surface area contributed by atoms with Crippen molar-refractivity contribution in [3.63, 3.8) is 0 Å². The van der Waals surface area contributed by atoms with E-state index in [0.29, 0.717) is 6.61 Å². The number of nitro groups is 1. The van der Waals surface area contributed by atoms with Crippen molar-refractivity contribution in [2.45, 2.75) is 6.04 Å². The smallest absolute Gasteiger partial charge is 0.311 e. The molecule has 6 nitrogen and oxygen atoms in total. The summed E-state index contributed by atoms with van der Waals surface area (Å²) in [7, 11) is 0. The zero-order chi connectivity index (χ0) is 13.2. The van der Waals surface area contributed by atoms with Crippen LogP contribution < -0.4 is 10.1 Å². The summed E-state index contributed by atoms with van der Waals surface area (Å²) in [5.41, 5.74) is 0.953. The van der Waals surface area contributed by atoms with E-state index in [1.165, 1.54) is 12.3 Å². The second-order valence-electron chi connectivity index (χ2n) is 4.17. The van der Waals surface area contributed by atoms with Crippen molar-refractivity contribution in [2.75, 3.05) is 11.9 Å². The second-order valence-corrected chi connectivity index (χ2v) is 4.17. The van der Waals surface area contributed by atoms with Crippen molar-refractivity contribution in [3.8, 4) is 5.75 Å². The van der Waals surface area contributed by atoms with Gasteiger partial charge in [0.15, 0.2) is 0 Å². The molecule has 0 radical (unpaired) electrons. The van der Waals surface area contributed by atoms with E-state index in [9.17, 15) is 10.1 Å². The number of nitrogens with zero attached hydrogens (tertiary/aromatic N) is 2. The van der Waals surface area contributed by atoms with Gasteiger partial charge < -0.3 is 10.1 Å². The fourth-order valence-electron chi connectivity index (χ4n) is 2.10. The van der Waals surface area contributed by atoms with Crippen LogP contribution in [0.1, 0.15) is 11.6 Å². The van der Waals surface area contributed by atoms with E-state index in [1.54, 1.807) is 6.07 Å². The second kappa shape index (κ2) is 4.56. The van der Waals surface area contributed by atoms with Crippen LogP contribution >= 0.6 is 0 Å². The summed E-state index contributed by atoms with van der Waals surface area (Å²) in [6.45, 7) is 0.438. The average molecular weight is 257 g/mol. The van der Waals surface area contributed by atoms with Crippen molar-refractivity contribution >= 4 is 11.5 Å². The molecule has 1 unspecified atom stereocenters. The molecular formula is C13H11N3O3. The highest BCUT2D eigenvalue weighted by molar-refractivity contribution is 5.57. The molecule has 2 heterocycles. The Labute approximate surface area is 109 Å². The molecule has 0 fully saturated rings. The Kier molecular flexibility index (Phi) is 2.75. The number of aromatic nitrogens is 1. The molecule has 1 aromatic heterocycles. The number of para-hydroxylation sites is 1. The lowest BCUT2D eigenvalue weighted by Crippen LogP contribution is -2.14. The first-order valence-electron chi connectivity index (χ1n) is 5.83. The van der Waals surface area contributed by atoms with Crippen molar-refractivity contribution in [1.29, 1.82) is 0 Å².